The number of ether oxygens (including phenoxy) is 8. The highest BCUT2D eigenvalue weighted by atomic mass is 35.5. The number of nitrogens with zero attached hydrogens (tertiary/aromatic N) is 6. The second-order valence-corrected chi connectivity index (χ2v) is 30.2. The Hall–Kier alpha value is -8.20. The molecule has 5 aliphatic heterocycles. The number of carboxylic acid groups (broad SMARTS) is 1. The number of carbonyl (C=O) groups is 8. The number of benzene rings is 3. The van der Waals surface area contributed by atoms with Crippen LogP contribution in [0.15, 0.2) is 84.5 Å². The number of allylic oxidation sites excluding steroid dienone is 3. The fraction of sp³-hybridized carbons (Fsp3) is 0.568. The first-order valence-corrected chi connectivity index (χ1v) is 37.3. The molecule has 19 atom stereocenters. The van der Waals surface area contributed by atoms with Gasteiger partial charge in [0, 0.05) is 96.2 Å². The number of carboxylic acids is 1. The zero-order valence-corrected chi connectivity index (χ0v) is 63.6. The number of alkyl carbamates (subject to hydrolysis) is 1. The van der Waals surface area contributed by atoms with Crippen molar-refractivity contribution >= 4 is 82.3 Å². The lowest BCUT2D eigenvalue weighted by molar-refractivity contribution is -0.317. The maximum Gasteiger partial charge on any atom is 0.409 e. The first-order chi connectivity index (χ1) is 51.7. The smallest absolute Gasteiger partial charge is 0.409 e. The summed E-state index contributed by atoms with van der Waals surface area (Å²) < 4.78 is 48.0. The molecule has 1 saturated carbocycles. The Bertz CT molecular complexity index is 4090. The molecule has 6 heterocycles. The van der Waals surface area contributed by atoms with Gasteiger partial charge in [0.25, 0.3) is 5.79 Å². The van der Waals surface area contributed by atoms with E-state index in [1.807, 2.05) is 13.0 Å². The molecular weight excluding hydrogens is 1470 g/mol. The standard InChI is InChI=1S/C74H96ClN9O24S/c1-37-16-15-21-53(103-10)73(100)32-52(105-71(99)78-73)38(2)68-72(5,108-68)54(30-58(91)82(7)47-27-41(26-37)28-50(101-8)59(47)75)106-69(96)39(3)81(6)56(89)23-25-109-36-55(88)76-24-22-57(90)83-33-42-17-11-12-18-44(42)62-60(45-19-13-14-20-46(45)83)79-80-84(62)34-49(87)64(93)67-61(77-40(4)85)48(86)31-74(107-67,70(97)98)104-35-43-29-51(102-9)65(94)66(95)63(43)92/h11-21,27-28,38-39,43,48-49,51-54,61,63-68,86-87,92-95,100H,22-26,29-36H2,1-10H3,(H,76,88)(H,77,85)(H,78,99)(H,97,98)/b21-15+,37-16+. The van der Waals surface area contributed by atoms with Gasteiger partial charge >= 0.3 is 18.0 Å². The summed E-state index contributed by atoms with van der Waals surface area (Å²) in [6.07, 6.45) is -14.5. The number of rotatable bonds is 23. The van der Waals surface area contributed by atoms with Gasteiger partial charge < -0.3 is 104 Å². The van der Waals surface area contributed by atoms with E-state index in [2.05, 4.69) is 26.3 Å². The third-order valence-electron chi connectivity index (χ3n) is 21.3. The van der Waals surface area contributed by atoms with E-state index >= 15 is 0 Å². The molecule has 6 aliphatic rings. The SMILES string of the molecule is COc1cc2cc(c1Cl)N(C)C(=O)CC(OC(=O)C(C)N(C)C(=O)CCSCC(=O)NCCC(=O)N1Cc3ccccc3-c3c(nnn3CC(O)C(O)C3OC(OCC4CC(OC)C(O)C(O)C4O)(C(=O)O)CC(O)C3NC(C)=O)-c3ccccc31)C1(C)OC1C(C)C1CC(O)(NC(=O)O1)C(OC)/C=C/C=C(\C)C2. The van der Waals surface area contributed by atoms with Crippen LogP contribution in [-0.2, 0) is 86.2 Å². The van der Waals surface area contributed by atoms with Crippen molar-refractivity contribution in [3.8, 4) is 28.3 Å². The molecular formula is C74H96ClN9O24S. The highest BCUT2D eigenvalue weighted by molar-refractivity contribution is 7.99. The van der Waals surface area contributed by atoms with Crippen LogP contribution in [0.25, 0.3) is 22.5 Å². The average Bonchev–Trinajstić information content (AvgIpc) is 1.59. The number of aliphatic carboxylic acids is 1. The van der Waals surface area contributed by atoms with Gasteiger partial charge in [0.15, 0.2) is 5.72 Å². The molecule has 594 valence electrons. The number of carbonyl (C=O) groups excluding carboxylic acids is 7. The van der Waals surface area contributed by atoms with Crippen molar-refractivity contribution in [3.05, 3.63) is 101 Å². The van der Waals surface area contributed by atoms with Gasteiger partial charge in [-0.25, -0.2) is 19.1 Å². The summed E-state index contributed by atoms with van der Waals surface area (Å²) in [7, 11) is 7.07. The fourth-order valence-corrected chi connectivity index (χ4v) is 15.8. The fourth-order valence-electron chi connectivity index (χ4n) is 14.8. The van der Waals surface area contributed by atoms with Gasteiger partial charge in [-0.15, -0.1) is 5.10 Å². The number of thioether (sulfide) groups is 1. The molecule has 10 rings (SSSR count). The molecule has 0 radical (unpaired) electrons. The van der Waals surface area contributed by atoms with Crippen molar-refractivity contribution in [3.63, 3.8) is 0 Å². The molecule has 4 fully saturated rings. The number of fused-ring (bicyclic) bond motifs is 10. The van der Waals surface area contributed by atoms with Crippen LogP contribution in [0.3, 0.4) is 0 Å². The predicted molar refractivity (Wildman–Crippen MR) is 391 cm³/mol. The highest BCUT2D eigenvalue weighted by Crippen LogP contribution is 2.50. The number of likely N-dealkylation sites (N-methyl/N-ethyl adjacent to an activating group) is 1. The van der Waals surface area contributed by atoms with E-state index in [1.165, 1.54) is 61.7 Å². The van der Waals surface area contributed by atoms with Crippen molar-refractivity contribution in [2.24, 2.45) is 11.8 Å². The Morgan fingerprint density at radius 3 is 2.35 bits per heavy atom. The van der Waals surface area contributed by atoms with Gasteiger partial charge in [-0.1, -0.05) is 90.0 Å². The van der Waals surface area contributed by atoms with Crippen LogP contribution in [0.2, 0.25) is 5.02 Å². The van der Waals surface area contributed by atoms with Crippen LogP contribution >= 0.6 is 23.4 Å². The Morgan fingerprint density at radius 2 is 1.65 bits per heavy atom. The van der Waals surface area contributed by atoms with Crippen LogP contribution in [0.4, 0.5) is 16.2 Å². The van der Waals surface area contributed by atoms with Crippen molar-refractivity contribution in [1.82, 2.24) is 35.8 Å². The topological polar surface area (TPSA) is 452 Å². The number of amides is 6. The van der Waals surface area contributed by atoms with Crippen LogP contribution in [0.1, 0.15) is 84.3 Å². The molecule has 3 saturated heterocycles. The van der Waals surface area contributed by atoms with Gasteiger partial charge in [0.1, 0.15) is 76.9 Å². The summed E-state index contributed by atoms with van der Waals surface area (Å²) in [4.78, 5) is 113. The normalized spacial score (nSPS) is 30.6. The molecule has 19 unspecified atom stereocenters. The van der Waals surface area contributed by atoms with Gasteiger partial charge in [0.05, 0.1) is 86.5 Å². The molecule has 11 N–H and O–H groups in total. The minimum absolute atomic E-state index is 0.0115. The summed E-state index contributed by atoms with van der Waals surface area (Å²) in [5, 5.41) is 107. The van der Waals surface area contributed by atoms with Crippen LogP contribution in [-0.4, -0.2) is 271 Å². The first-order valence-electron chi connectivity index (χ1n) is 35.7. The molecule has 3 aromatic carbocycles. The lowest BCUT2D eigenvalue weighted by atomic mass is 9.81. The van der Waals surface area contributed by atoms with E-state index in [1.54, 1.807) is 86.7 Å². The van der Waals surface area contributed by atoms with Gasteiger partial charge in [-0.2, -0.15) is 11.8 Å². The Morgan fingerprint density at radius 1 is 0.936 bits per heavy atom. The van der Waals surface area contributed by atoms with Crippen LogP contribution in [0, 0.1) is 11.8 Å². The second kappa shape index (κ2) is 35.0. The number of esters is 1. The summed E-state index contributed by atoms with van der Waals surface area (Å²) >= 11 is 8.00. The Labute approximate surface area is 638 Å². The van der Waals surface area contributed by atoms with E-state index in [0.29, 0.717) is 45.9 Å². The van der Waals surface area contributed by atoms with Gasteiger partial charge in [0.2, 0.25) is 29.5 Å². The quantitative estimate of drug-likeness (QED) is 0.0287. The molecule has 0 spiro atoms. The number of nitrogens with one attached hydrogen (secondary N) is 3. The molecule has 4 aromatic rings. The third-order valence-corrected chi connectivity index (χ3v) is 22.6. The minimum atomic E-state index is -2.75. The predicted octanol–water partition coefficient (Wildman–Crippen LogP) is 1.91. The number of hydrogen-bond donors (Lipinski definition) is 11. The Kier molecular flexibility index (Phi) is 26.8. The van der Waals surface area contributed by atoms with Crippen molar-refractivity contribution < 1.29 is 117 Å². The first kappa shape index (κ1) is 83.3. The second-order valence-electron chi connectivity index (χ2n) is 28.7. The average molecular weight is 1560 g/mol. The maximum atomic E-state index is 14.5. The molecule has 6 amide bonds. The number of hydrogen-bond acceptors (Lipinski definition) is 26. The number of aliphatic hydroxyl groups is 7. The lowest BCUT2D eigenvalue weighted by Gasteiger charge is -2.47. The maximum absolute atomic E-state index is 14.5. The van der Waals surface area contributed by atoms with Gasteiger partial charge in [-0.05, 0) is 62.9 Å². The van der Waals surface area contributed by atoms with E-state index < -0.39 is 188 Å². The molecule has 1 aliphatic carbocycles. The van der Waals surface area contributed by atoms with Crippen LogP contribution in [0.5, 0.6) is 5.75 Å². The molecule has 1 aromatic heterocycles. The monoisotopic (exact) mass is 1560 g/mol. The Balaban J connectivity index is 0.756. The zero-order valence-electron chi connectivity index (χ0n) is 62.0. The highest BCUT2D eigenvalue weighted by Gasteiger charge is 2.65. The molecule has 109 heavy (non-hydrogen) atoms. The van der Waals surface area contributed by atoms with Gasteiger partial charge in [-0.3, -0.25) is 29.3 Å². The summed E-state index contributed by atoms with van der Waals surface area (Å²) in [5.74, 6) is -9.21. The number of halogens is 1. The number of epoxide rings is 1. The largest absolute Gasteiger partial charge is 0.495 e. The minimum Gasteiger partial charge on any atom is -0.495 e. The van der Waals surface area contributed by atoms with E-state index in [9.17, 15) is 79.2 Å². The number of aromatic nitrogens is 3. The summed E-state index contributed by atoms with van der Waals surface area (Å²) in [6, 6.07) is 14.6. The number of methoxy groups -OCH3 is 3. The number of para-hydroxylation sites is 1. The van der Waals surface area contributed by atoms with E-state index in [4.69, 9.17) is 49.5 Å². The summed E-state index contributed by atoms with van der Waals surface area (Å²) in [5.41, 5.74) is 1.18. The van der Waals surface area contributed by atoms with E-state index in [0.717, 1.165) is 29.8 Å². The van der Waals surface area contributed by atoms with Crippen molar-refractivity contribution in [1.29, 1.82) is 0 Å². The van der Waals surface area contributed by atoms with E-state index in [-0.39, 0.29) is 61.0 Å². The molecule has 33 nitrogen and oxygen atoms in total. The lowest BCUT2D eigenvalue weighted by Crippen LogP contribution is -2.68. The molecule has 35 heteroatoms. The zero-order chi connectivity index (χ0) is 79.3. The third kappa shape index (κ3) is 18.2. The number of anilines is 2. The van der Waals surface area contributed by atoms with Crippen molar-refractivity contribution in [2.45, 2.75) is 195 Å². The van der Waals surface area contributed by atoms with Crippen LogP contribution < -0.4 is 30.5 Å². The van der Waals surface area contributed by atoms with Crippen molar-refractivity contribution in [2.75, 3.05) is 69.9 Å². The summed E-state index contributed by atoms with van der Waals surface area (Å²) in [6.45, 7) is 6.63. The molecule has 4 bridgehead atoms. The number of aliphatic hydroxyl groups excluding tert-OH is 6.